The predicted octanol–water partition coefficient (Wildman–Crippen LogP) is 3.20. The minimum Gasteiger partial charge on any atom is -0.360 e. The first-order valence-electron chi connectivity index (χ1n) is 8.31. The van der Waals surface area contributed by atoms with Crippen molar-refractivity contribution in [1.29, 1.82) is 0 Å². The van der Waals surface area contributed by atoms with Gasteiger partial charge in [-0.05, 0) is 37.8 Å². The van der Waals surface area contributed by atoms with Crippen molar-refractivity contribution in [2.75, 3.05) is 11.9 Å². The number of benzene rings is 1. The number of aryl methyl sites for hydroxylation is 2. The van der Waals surface area contributed by atoms with Gasteiger partial charge >= 0.3 is 0 Å². The van der Waals surface area contributed by atoms with Crippen LogP contribution in [0, 0.1) is 6.92 Å². The van der Waals surface area contributed by atoms with Crippen molar-refractivity contribution in [3.63, 3.8) is 0 Å². The molecule has 1 fully saturated rings. The fourth-order valence-corrected chi connectivity index (χ4v) is 3.29. The molecule has 1 atom stereocenters. The molecule has 0 aliphatic carbocycles. The van der Waals surface area contributed by atoms with Gasteiger partial charge < -0.3 is 14.7 Å². The summed E-state index contributed by atoms with van der Waals surface area (Å²) in [6.07, 6.45) is 2.36. The predicted molar refractivity (Wildman–Crippen MR) is 94.4 cm³/mol. The van der Waals surface area contributed by atoms with Gasteiger partial charge in [-0.2, -0.15) is 0 Å². The molecule has 2 heterocycles. The standard InChI is InChI=1S/C18H20ClN3O3/c1-12-11-16(21-25-12)20-18(24)15-7-4-10-22(15)17(23)9-8-13-5-2-3-6-14(13)19/h2-3,5-6,11,15H,4,7-10H2,1H3,(H,20,21,24). The van der Waals surface area contributed by atoms with Crippen molar-refractivity contribution in [1.82, 2.24) is 10.1 Å². The van der Waals surface area contributed by atoms with Gasteiger partial charge in [-0.3, -0.25) is 9.59 Å². The summed E-state index contributed by atoms with van der Waals surface area (Å²) in [5.74, 6) is 0.734. The summed E-state index contributed by atoms with van der Waals surface area (Å²) in [4.78, 5) is 26.7. The number of anilines is 1. The van der Waals surface area contributed by atoms with Crippen LogP contribution in [0.1, 0.15) is 30.6 Å². The van der Waals surface area contributed by atoms with Crippen LogP contribution in [0.2, 0.25) is 5.02 Å². The van der Waals surface area contributed by atoms with E-state index in [1.54, 1.807) is 17.9 Å². The van der Waals surface area contributed by atoms with Crippen LogP contribution in [0.4, 0.5) is 5.82 Å². The van der Waals surface area contributed by atoms with Crippen molar-refractivity contribution in [2.24, 2.45) is 0 Å². The summed E-state index contributed by atoms with van der Waals surface area (Å²) >= 11 is 6.13. The van der Waals surface area contributed by atoms with Gasteiger partial charge in [-0.25, -0.2) is 0 Å². The van der Waals surface area contributed by atoms with E-state index in [4.69, 9.17) is 16.1 Å². The van der Waals surface area contributed by atoms with Crippen molar-refractivity contribution >= 4 is 29.2 Å². The second-order valence-corrected chi connectivity index (χ2v) is 6.56. The van der Waals surface area contributed by atoms with E-state index in [9.17, 15) is 9.59 Å². The van der Waals surface area contributed by atoms with Gasteiger partial charge in [-0.1, -0.05) is 35.0 Å². The first kappa shape index (κ1) is 17.5. The largest absolute Gasteiger partial charge is 0.360 e. The number of carbonyl (C=O) groups excluding carboxylic acids is 2. The number of amides is 2. The number of nitrogens with zero attached hydrogens (tertiary/aromatic N) is 2. The summed E-state index contributed by atoms with van der Waals surface area (Å²) < 4.78 is 4.94. The van der Waals surface area contributed by atoms with E-state index in [1.165, 1.54) is 0 Å². The lowest BCUT2D eigenvalue weighted by molar-refractivity contribution is -0.136. The van der Waals surface area contributed by atoms with Crippen LogP contribution in [0.15, 0.2) is 34.9 Å². The van der Waals surface area contributed by atoms with E-state index in [2.05, 4.69) is 10.5 Å². The zero-order valence-electron chi connectivity index (χ0n) is 14.0. The molecule has 6 nitrogen and oxygen atoms in total. The number of nitrogens with one attached hydrogen (secondary N) is 1. The van der Waals surface area contributed by atoms with Gasteiger partial charge in [0.05, 0.1) is 0 Å². The zero-order chi connectivity index (χ0) is 17.8. The fraction of sp³-hybridized carbons (Fsp3) is 0.389. The Labute approximate surface area is 151 Å². The molecule has 1 unspecified atom stereocenters. The summed E-state index contributed by atoms with van der Waals surface area (Å²) in [5.41, 5.74) is 0.941. The molecule has 132 valence electrons. The van der Waals surface area contributed by atoms with Gasteiger partial charge in [0.15, 0.2) is 5.82 Å². The third-order valence-corrected chi connectivity index (χ3v) is 4.69. The molecule has 0 spiro atoms. The van der Waals surface area contributed by atoms with E-state index in [0.717, 1.165) is 12.0 Å². The van der Waals surface area contributed by atoms with Crippen LogP contribution in [0.25, 0.3) is 0 Å². The van der Waals surface area contributed by atoms with Crippen LogP contribution < -0.4 is 5.32 Å². The monoisotopic (exact) mass is 361 g/mol. The fourth-order valence-electron chi connectivity index (χ4n) is 3.06. The molecule has 0 saturated carbocycles. The van der Waals surface area contributed by atoms with Crippen molar-refractivity contribution in [2.45, 2.75) is 38.6 Å². The SMILES string of the molecule is Cc1cc(NC(=O)C2CCCN2C(=O)CCc2ccccc2Cl)no1. The van der Waals surface area contributed by atoms with Gasteiger partial charge in [0.1, 0.15) is 11.8 Å². The molecule has 1 N–H and O–H groups in total. The molecule has 7 heteroatoms. The number of halogens is 1. The Hall–Kier alpha value is -2.34. The highest BCUT2D eigenvalue weighted by Gasteiger charge is 2.34. The minimum absolute atomic E-state index is 0.0334. The number of aromatic nitrogens is 1. The minimum atomic E-state index is -0.462. The Kier molecular flexibility index (Phi) is 5.38. The van der Waals surface area contributed by atoms with Crippen molar-refractivity contribution < 1.29 is 14.1 Å². The van der Waals surface area contributed by atoms with Crippen molar-refractivity contribution in [3.8, 4) is 0 Å². The summed E-state index contributed by atoms with van der Waals surface area (Å²) in [6, 6.07) is 8.67. The Morgan fingerprint density at radius 2 is 2.20 bits per heavy atom. The lowest BCUT2D eigenvalue weighted by atomic mass is 10.1. The summed E-state index contributed by atoms with van der Waals surface area (Å²) in [5, 5.41) is 7.13. The molecule has 1 aromatic heterocycles. The van der Waals surface area contributed by atoms with Crippen molar-refractivity contribution in [3.05, 3.63) is 46.7 Å². The number of rotatable bonds is 5. The number of hydrogen-bond donors (Lipinski definition) is 1. The number of likely N-dealkylation sites (tertiary alicyclic amines) is 1. The van der Waals surface area contributed by atoms with E-state index < -0.39 is 6.04 Å². The Bertz CT molecular complexity index is 774. The highest BCUT2D eigenvalue weighted by Crippen LogP contribution is 2.22. The maximum atomic E-state index is 12.6. The smallest absolute Gasteiger partial charge is 0.248 e. The maximum Gasteiger partial charge on any atom is 0.248 e. The molecule has 2 amide bonds. The van der Waals surface area contributed by atoms with Crippen LogP contribution >= 0.6 is 11.6 Å². The van der Waals surface area contributed by atoms with Gasteiger partial charge in [0, 0.05) is 24.1 Å². The Balaban J connectivity index is 1.59. The average molecular weight is 362 g/mol. The van der Waals surface area contributed by atoms with E-state index in [0.29, 0.717) is 42.4 Å². The molecular weight excluding hydrogens is 342 g/mol. The zero-order valence-corrected chi connectivity index (χ0v) is 14.8. The molecule has 1 aliphatic heterocycles. The quantitative estimate of drug-likeness (QED) is 0.887. The average Bonchev–Trinajstić information content (AvgIpc) is 3.23. The van der Waals surface area contributed by atoms with E-state index >= 15 is 0 Å². The highest BCUT2D eigenvalue weighted by atomic mass is 35.5. The molecule has 0 radical (unpaired) electrons. The number of hydrogen-bond acceptors (Lipinski definition) is 4. The van der Waals surface area contributed by atoms with Gasteiger partial charge in [0.25, 0.3) is 0 Å². The molecule has 25 heavy (non-hydrogen) atoms. The molecule has 1 aromatic carbocycles. The Morgan fingerprint density at radius 1 is 1.40 bits per heavy atom. The number of carbonyl (C=O) groups is 2. The van der Waals surface area contributed by atoms with Crippen LogP contribution in [0.5, 0.6) is 0 Å². The second kappa shape index (κ2) is 7.70. The third-order valence-electron chi connectivity index (χ3n) is 4.32. The normalized spacial score (nSPS) is 16.9. The summed E-state index contributed by atoms with van der Waals surface area (Å²) in [6.45, 7) is 2.35. The molecule has 0 bridgehead atoms. The van der Waals surface area contributed by atoms with Crippen LogP contribution in [-0.2, 0) is 16.0 Å². The van der Waals surface area contributed by atoms with Gasteiger partial charge in [-0.15, -0.1) is 0 Å². The topological polar surface area (TPSA) is 75.4 Å². The lowest BCUT2D eigenvalue weighted by Crippen LogP contribution is -2.43. The molecule has 1 aliphatic rings. The molecular formula is C18H20ClN3O3. The summed E-state index contributed by atoms with van der Waals surface area (Å²) in [7, 11) is 0. The lowest BCUT2D eigenvalue weighted by Gasteiger charge is -2.23. The first-order chi connectivity index (χ1) is 12.0. The molecule has 2 aromatic rings. The third kappa shape index (κ3) is 4.20. The Morgan fingerprint density at radius 3 is 2.92 bits per heavy atom. The second-order valence-electron chi connectivity index (χ2n) is 6.15. The van der Waals surface area contributed by atoms with E-state index in [1.807, 2.05) is 24.3 Å². The molecule has 1 saturated heterocycles. The maximum absolute atomic E-state index is 12.6. The van der Waals surface area contributed by atoms with Crippen LogP contribution in [0.3, 0.4) is 0 Å². The first-order valence-corrected chi connectivity index (χ1v) is 8.69. The van der Waals surface area contributed by atoms with Gasteiger partial charge in [0.2, 0.25) is 11.8 Å². The van der Waals surface area contributed by atoms with E-state index in [-0.39, 0.29) is 11.8 Å². The highest BCUT2D eigenvalue weighted by molar-refractivity contribution is 6.31. The molecule has 3 rings (SSSR count). The van der Waals surface area contributed by atoms with Crippen LogP contribution in [-0.4, -0.2) is 34.5 Å².